The maximum absolute atomic E-state index is 11.9. The molecular formula is C22H20N2O2. The topological polar surface area (TPSA) is 52.6 Å². The molecule has 2 amide bonds. The summed E-state index contributed by atoms with van der Waals surface area (Å²) >= 11 is 0. The van der Waals surface area contributed by atoms with Crippen molar-refractivity contribution in [1.82, 2.24) is 5.06 Å². The fourth-order valence-corrected chi connectivity index (χ4v) is 2.50. The number of nitrogens with one attached hydrogen (secondary N) is 1. The third-order valence-electron chi connectivity index (χ3n) is 3.87. The van der Waals surface area contributed by atoms with Gasteiger partial charge in [-0.1, -0.05) is 84.9 Å². The van der Waals surface area contributed by atoms with Gasteiger partial charge in [0, 0.05) is 5.69 Å². The lowest BCUT2D eigenvalue weighted by molar-refractivity contribution is -0.0264. The number of rotatable bonds is 5. The summed E-state index contributed by atoms with van der Waals surface area (Å²) in [6.07, 6.45) is 3.61. The van der Waals surface area contributed by atoms with Gasteiger partial charge >= 0.3 is 6.03 Å². The molecule has 130 valence electrons. The summed E-state index contributed by atoms with van der Waals surface area (Å²) < 4.78 is 0. The maximum Gasteiger partial charge on any atom is 0.345 e. The van der Waals surface area contributed by atoms with Crippen LogP contribution in [0.3, 0.4) is 0 Å². The molecule has 4 heteroatoms. The van der Waals surface area contributed by atoms with E-state index in [1.807, 2.05) is 66.7 Å². The molecule has 0 aliphatic heterocycles. The van der Waals surface area contributed by atoms with Gasteiger partial charge in [0.1, 0.15) is 0 Å². The van der Waals surface area contributed by atoms with E-state index in [0.29, 0.717) is 10.8 Å². The lowest BCUT2D eigenvalue weighted by Gasteiger charge is -2.13. The SMILES string of the molecule is O=C(Nc1ccccc1)N(O)C/C=C/c1ccc(-c2ccccc2)cc1. The van der Waals surface area contributed by atoms with Crippen LogP contribution in [0.15, 0.2) is 91.0 Å². The van der Waals surface area contributed by atoms with Crippen molar-refractivity contribution >= 4 is 17.8 Å². The summed E-state index contributed by atoms with van der Waals surface area (Å²) in [4.78, 5) is 11.9. The van der Waals surface area contributed by atoms with E-state index in [-0.39, 0.29) is 6.54 Å². The number of hydroxylamine groups is 2. The Kier molecular flexibility index (Phi) is 5.80. The molecule has 0 heterocycles. The normalized spacial score (nSPS) is 10.7. The van der Waals surface area contributed by atoms with E-state index < -0.39 is 6.03 Å². The maximum atomic E-state index is 11.9. The van der Waals surface area contributed by atoms with Crippen molar-refractivity contribution in [2.75, 3.05) is 11.9 Å². The quantitative estimate of drug-likeness (QED) is 0.488. The zero-order valence-corrected chi connectivity index (χ0v) is 14.2. The number of benzene rings is 3. The highest BCUT2D eigenvalue weighted by molar-refractivity contribution is 5.88. The Morgan fingerprint density at radius 2 is 1.42 bits per heavy atom. The molecule has 0 saturated carbocycles. The van der Waals surface area contributed by atoms with Gasteiger partial charge in [0.25, 0.3) is 0 Å². The van der Waals surface area contributed by atoms with Crippen LogP contribution in [0.5, 0.6) is 0 Å². The van der Waals surface area contributed by atoms with E-state index in [1.54, 1.807) is 18.2 Å². The first kappa shape index (κ1) is 17.5. The van der Waals surface area contributed by atoms with E-state index in [2.05, 4.69) is 17.4 Å². The van der Waals surface area contributed by atoms with E-state index in [1.165, 1.54) is 5.56 Å². The fraction of sp³-hybridized carbons (Fsp3) is 0.0455. The minimum atomic E-state index is -0.569. The number of hydrogen-bond acceptors (Lipinski definition) is 2. The zero-order valence-electron chi connectivity index (χ0n) is 14.2. The van der Waals surface area contributed by atoms with Crippen molar-refractivity contribution in [2.45, 2.75) is 0 Å². The molecule has 26 heavy (non-hydrogen) atoms. The number of para-hydroxylation sites is 1. The Labute approximate surface area is 153 Å². The second-order valence-electron chi connectivity index (χ2n) is 5.77. The van der Waals surface area contributed by atoms with Crippen LogP contribution in [0.2, 0.25) is 0 Å². The van der Waals surface area contributed by atoms with E-state index in [4.69, 9.17) is 0 Å². The zero-order chi connectivity index (χ0) is 18.2. The fourth-order valence-electron chi connectivity index (χ4n) is 2.50. The highest BCUT2D eigenvalue weighted by Gasteiger charge is 2.08. The number of amides is 2. The molecule has 0 atom stereocenters. The number of hydrogen-bond donors (Lipinski definition) is 2. The smallest absolute Gasteiger partial charge is 0.306 e. The molecule has 3 aromatic rings. The molecule has 4 nitrogen and oxygen atoms in total. The molecule has 0 spiro atoms. The molecule has 0 saturated heterocycles. The third kappa shape index (κ3) is 4.82. The van der Waals surface area contributed by atoms with Gasteiger partial charge in [-0.05, 0) is 28.8 Å². The molecular weight excluding hydrogens is 324 g/mol. The van der Waals surface area contributed by atoms with Gasteiger partial charge in [0.05, 0.1) is 6.54 Å². The second kappa shape index (κ2) is 8.65. The monoisotopic (exact) mass is 344 g/mol. The number of carbonyl (C=O) groups is 1. The van der Waals surface area contributed by atoms with Crippen LogP contribution in [0.25, 0.3) is 17.2 Å². The summed E-state index contributed by atoms with van der Waals surface area (Å²) in [6.45, 7) is 0.0963. The van der Waals surface area contributed by atoms with Gasteiger partial charge in [-0.15, -0.1) is 0 Å². The Morgan fingerprint density at radius 3 is 2.08 bits per heavy atom. The molecule has 0 aliphatic rings. The average Bonchev–Trinajstić information content (AvgIpc) is 2.70. The van der Waals surface area contributed by atoms with Gasteiger partial charge in [-0.25, -0.2) is 9.86 Å². The summed E-state index contributed by atoms with van der Waals surface area (Å²) in [5.41, 5.74) is 3.95. The first-order valence-corrected chi connectivity index (χ1v) is 8.37. The number of urea groups is 1. The Morgan fingerprint density at radius 1 is 0.846 bits per heavy atom. The lowest BCUT2D eigenvalue weighted by atomic mass is 10.0. The second-order valence-corrected chi connectivity index (χ2v) is 5.77. The minimum absolute atomic E-state index is 0.0963. The van der Waals surface area contributed by atoms with Crippen LogP contribution in [-0.4, -0.2) is 22.8 Å². The molecule has 3 aromatic carbocycles. The van der Waals surface area contributed by atoms with Crippen LogP contribution < -0.4 is 5.32 Å². The Bertz CT molecular complexity index is 860. The van der Waals surface area contributed by atoms with Gasteiger partial charge in [0.2, 0.25) is 0 Å². The van der Waals surface area contributed by atoms with Crippen molar-refractivity contribution in [3.05, 3.63) is 96.6 Å². The molecule has 0 aliphatic carbocycles. The third-order valence-corrected chi connectivity index (χ3v) is 3.87. The molecule has 0 unspecified atom stereocenters. The number of anilines is 1. The molecule has 0 aromatic heterocycles. The summed E-state index contributed by atoms with van der Waals surface area (Å²) in [5, 5.41) is 13.1. The summed E-state index contributed by atoms with van der Waals surface area (Å²) in [7, 11) is 0. The number of carbonyl (C=O) groups excluding carboxylic acids is 1. The minimum Gasteiger partial charge on any atom is -0.306 e. The van der Waals surface area contributed by atoms with Crippen LogP contribution in [-0.2, 0) is 0 Å². The van der Waals surface area contributed by atoms with E-state index >= 15 is 0 Å². The van der Waals surface area contributed by atoms with Crippen molar-refractivity contribution < 1.29 is 10.0 Å². The first-order chi connectivity index (χ1) is 12.7. The van der Waals surface area contributed by atoms with E-state index in [0.717, 1.165) is 11.1 Å². The Balaban J connectivity index is 1.54. The highest BCUT2D eigenvalue weighted by atomic mass is 16.5. The van der Waals surface area contributed by atoms with Crippen molar-refractivity contribution in [1.29, 1.82) is 0 Å². The molecule has 0 radical (unpaired) electrons. The van der Waals surface area contributed by atoms with Gasteiger partial charge < -0.3 is 5.32 Å². The molecule has 3 rings (SSSR count). The van der Waals surface area contributed by atoms with E-state index in [9.17, 15) is 10.0 Å². The van der Waals surface area contributed by atoms with Crippen molar-refractivity contribution in [3.8, 4) is 11.1 Å². The predicted molar refractivity (Wildman–Crippen MR) is 105 cm³/mol. The van der Waals surface area contributed by atoms with Crippen molar-refractivity contribution in [2.24, 2.45) is 0 Å². The standard InChI is InChI=1S/C22H20N2O2/c25-22(23-21-11-5-2-6-12-21)24(26)17-7-8-18-13-15-20(16-14-18)19-9-3-1-4-10-19/h1-16,26H,17H2,(H,23,25)/b8-7+. The predicted octanol–water partition coefficient (Wildman–Crippen LogP) is 5.29. The van der Waals surface area contributed by atoms with Gasteiger partial charge in [-0.2, -0.15) is 0 Å². The molecule has 2 N–H and O–H groups in total. The summed E-state index contributed by atoms with van der Waals surface area (Å²) in [6, 6.07) is 26.7. The van der Waals surface area contributed by atoms with Crippen LogP contribution in [0, 0.1) is 0 Å². The largest absolute Gasteiger partial charge is 0.345 e. The average molecular weight is 344 g/mol. The molecule has 0 fully saturated rings. The van der Waals surface area contributed by atoms with Gasteiger partial charge in [-0.3, -0.25) is 5.21 Å². The van der Waals surface area contributed by atoms with Crippen molar-refractivity contribution in [3.63, 3.8) is 0 Å². The lowest BCUT2D eigenvalue weighted by Crippen LogP contribution is -2.31. The van der Waals surface area contributed by atoms with Crippen LogP contribution >= 0.6 is 0 Å². The first-order valence-electron chi connectivity index (χ1n) is 8.37. The molecule has 0 bridgehead atoms. The number of nitrogens with zero attached hydrogens (tertiary/aromatic N) is 1. The highest BCUT2D eigenvalue weighted by Crippen LogP contribution is 2.19. The van der Waals surface area contributed by atoms with Gasteiger partial charge in [0.15, 0.2) is 0 Å². The Hall–Kier alpha value is -3.37. The van der Waals surface area contributed by atoms with Crippen LogP contribution in [0.1, 0.15) is 5.56 Å². The summed E-state index contributed by atoms with van der Waals surface area (Å²) in [5.74, 6) is 0. The van der Waals surface area contributed by atoms with Crippen LogP contribution in [0.4, 0.5) is 10.5 Å².